The number of allylic oxidation sites excluding steroid dienone is 2. The molecule has 1 aromatic rings. The van der Waals surface area contributed by atoms with Gasteiger partial charge in [0.1, 0.15) is 0 Å². The van der Waals surface area contributed by atoms with Crippen LogP contribution in [0.15, 0.2) is 36.4 Å². The predicted octanol–water partition coefficient (Wildman–Crippen LogP) is 1.29. The van der Waals surface area contributed by atoms with Crippen molar-refractivity contribution in [3.63, 3.8) is 0 Å². The Morgan fingerprint density at radius 2 is 1.95 bits per heavy atom. The topological polar surface area (TPSA) is 66.8 Å². The summed E-state index contributed by atoms with van der Waals surface area (Å²) in [6.45, 7) is 0. The lowest BCUT2D eigenvalue weighted by Crippen LogP contribution is -2.57. The molecule has 2 heterocycles. The van der Waals surface area contributed by atoms with Crippen LogP contribution in [0.5, 0.6) is 0 Å². The van der Waals surface area contributed by atoms with Crippen LogP contribution < -0.4 is 4.90 Å². The molecule has 5 nitrogen and oxygen atoms in total. The largest absolute Gasteiger partial charge is 0.409 e. The Morgan fingerprint density at radius 3 is 2.81 bits per heavy atom. The van der Waals surface area contributed by atoms with E-state index in [0.29, 0.717) is 11.3 Å². The molecule has 5 rings (SSSR count). The van der Waals surface area contributed by atoms with Crippen molar-refractivity contribution < 1.29 is 19.4 Å². The molecule has 1 N–H and O–H groups in total. The molecule has 4 aliphatic rings. The lowest BCUT2D eigenvalue weighted by molar-refractivity contribution is -0.196. The first kappa shape index (κ1) is 11.5. The van der Waals surface area contributed by atoms with Crippen molar-refractivity contribution in [2.75, 3.05) is 4.90 Å². The first-order chi connectivity index (χ1) is 10.1. The van der Waals surface area contributed by atoms with Crippen LogP contribution in [-0.4, -0.2) is 22.9 Å². The standard InChI is InChI=1S/C16H13NO4/c18-14-12-8-5-6-9(7-8)13(12)16(20)17(14)11-4-2-1-3-10(11)15(19)21-16/h1-6,8-9,12-13,20H,7H2/t8-,9-,12-,13-,16+/m0/s1. The second kappa shape index (κ2) is 3.36. The molecule has 21 heavy (non-hydrogen) atoms. The molecule has 1 saturated heterocycles. The van der Waals surface area contributed by atoms with Crippen LogP contribution >= 0.6 is 0 Å². The third-order valence-electron chi connectivity index (χ3n) is 5.33. The molecule has 2 bridgehead atoms. The van der Waals surface area contributed by atoms with E-state index >= 15 is 0 Å². The highest BCUT2D eigenvalue weighted by molar-refractivity contribution is 6.08. The lowest BCUT2D eigenvalue weighted by Gasteiger charge is -2.41. The Labute approximate surface area is 120 Å². The van der Waals surface area contributed by atoms with Crippen molar-refractivity contribution in [2.24, 2.45) is 23.7 Å². The number of carbonyl (C=O) groups is 2. The summed E-state index contributed by atoms with van der Waals surface area (Å²) in [5.41, 5.74) is 0.783. The fourth-order valence-corrected chi connectivity index (χ4v) is 4.57. The van der Waals surface area contributed by atoms with Gasteiger partial charge in [0.15, 0.2) is 0 Å². The minimum atomic E-state index is -1.84. The van der Waals surface area contributed by atoms with Crippen LogP contribution in [0.1, 0.15) is 16.8 Å². The number of esters is 1. The maximum absolute atomic E-state index is 12.8. The molecule has 0 aromatic heterocycles. The van der Waals surface area contributed by atoms with Crippen LogP contribution in [0.25, 0.3) is 0 Å². The second-order valence-electron chi connectivity index (χ2n) is 6.24. The van der Waals surface area contributed by atoms with Crippen molar-refractivity contribution in [1.29, 1.82) is 0 Å². The summed E-state index contributed by atoms with van der Waals surface area (Å²) in [4.78, 5) is 26.3. The van der Waals surface area contributed by atoms with E-state index in [-0.39, 0.29) is 29.6 Å². The number of hydrogen-bond donors (Lipinski definition) is 1. The minimum Gasteiger partial charge on any atom is -0.409 e. The molecule has 0 radical (unpaired) electrons. The van der Waals surface area contributed by atoms with Crippen LogP contribution in [0.4, 0.5) is 5.69 Å². The van der Waals surface area contributed by atoms with E-state index in [4.69, 9.17) is 4.74 Å². The van der Waals surface area contributed by atoms with E-state index in [9.17, 15) is 14.7 Å². The smallest absolute Gasteiger partial charge is 0.344 e. The number of nitrogens with zero attached hydrogens (tertiary/aromatic N) is 1. The highest BCUT2D eigenvalue weighted by atomic mass is 16.7. The van der Waals surface area contributed by atoms with Gasteiger partial charge in [-0.05, 0) is 30.4 Å². The van der Waals surface area contributed by atoms with Crippen molar-refractivity contribution in [2.45, 2.75) is 12.3 Å². The summed E-state index contributed by atoms with van der Waals surface area (Å²) in [6.07, 6.45) is 4.95. The van der Waals surface area contributed by atoms with E-state index in [1.54, 1.807) is 24.3 Å². The van der Waals surface area contributed by atoms with Crippen LogP contribution in [-0.2, 0) is 9.53 Å². The number of hydrogen-bond acceptors (Lipinski definition) is 4. The molecule has 106 valence electrons. The fraction of sp³-hybridized carbons (Fsp3) is 0.375. The molecule has 1 saturated carbocycles. The van der Waals surface area contributed by atoms with Gasteiger partial charge in [-0.2, -0.15) is 0 Å². The number of fused-ring (bicyclic) bond motifs is 9. The van der Waals surface area contributed by atoms with Gasteiger partial charge in [0.25, 0.3) is 0 Å². The average Bonchev–Trinajstić information content (AvgIpc) is 3.12. The van der Waals surface area contributed by atoms with Crippen molar-refractivity contribution in [1.82, 2.24) is 0 Å². The first-order valence-electron chi connectivity index (χ1n) is 7.18. The summed E-state index contributed by atoms with van der Waals surface area (Å²) in [5, 5.41) is 11.0. The van der Waals surface area contributed by atoms with Gasteiger partial charge in [0, 0.05) is 0 Å². The van der Waals surface area contributed by atoms with Gasteiger partial charge in [-0.3, -0.25) is 4.79 Å². The quantitative estimate of drug-likeness (QED) is 0.575. The Morgan fingerprint density at radius 1 is 1.19 bits per heavy atom. The van der Waals surface area contributed by atoms with Gasteiger partial charge in [-0.15, -0.1) is 0 Å². The minimum absolute atomic E-state index is 0.0945. The highest BCUT2D eigenvalue weighted by Crippen LogP contribution is 2.60. The Balaban J connectivity index is 1.74. The summed E-state index contributed by atoms with van der Waals surface area (Å²) in [5.74, 6) is -2.95. The zero-order valence-corrected chi connectivity index (χ0v) is 11.1. The van der Waals surface area contributed by atoms with Crippen molar-refractivity contribution in [3.05, 3.63) is 42.0 Å². The number of para-hydroxylation sites is 1. The number of ether oxygens (including phenoxy) is 1. The van der Waals surface area contributed by atoms with Gasteiger partial charge in [-0.25, -0.2) is 9.69 Å². The number of amides is 1. The normalized spacial score (nSPS) is 41.9. The SMILES string of the molecule is O=C1O[C@]2(O)[C@@H]3[C@@H](C(=O)N2c2ccccc21)[C@H]1C=C[C@H]3C1. The molecular formula is C16H13NO4. The zero-order valence-electron chi connectivity index (χ0n) is 11.1. The average molecular weight is 283 g/mol. The van der Waals surface area contributed by atoms with E-state index in [1.165, 1.54) is 4.90 Å². The second-order valence-corrected chi connectivity index (χ2v) is 6.24. The number of aliphatic hydroxyl groups is 1. The summed E-state index contributed by atoms with van der Waals surface area (Å²) < 4.78 is 5.35. The van der Waals surface area contributed by atoms with Crippen molar-refractivity contribution in [3.8, 4) is 0 Å². The van der Waals surface area contributed by atoms with Crippen LogP contribution in [0.2, 0.25) is 0 Å². The van der Waals surface area contributed by atoms with Crippen LogP contribution in [0, 0.1) is 23.7 Å². The Bertz CT molecular complexity index is 727. The van der Waals surface area contributed by atoms with Gasteiger partial charge < -0.3 is 9.84 Å². The number of carbonyl (C=O) groups excluding carboxylic acids is 2. The van der Waals surface area contributed by atoms with Gasteiger partial charge in [0.2, 0.25) is 5.91 Å². The zero-order chi connectivity index (χ0) is 14.4. The Hall–Kier alpha value is -2.14. The van der Waals surface area contributed by atoms with Gasteiger partial charge in [0.05, 0.1) is 23.1 Å². The van der Waals surface area contributed by atoms with Gasteiger partial charge >= 0.3 is 11.9 Å². The summed E-state index contributed by atoms with van der Waals surface area (Å²) in [7, 11) is 0. The first-order valence-corrected chi connectivity index (χ1v) is 7.18. The van der Waals surface area contributed by atoms with E-state index < -0.39 is 11.9 Å². The van der Waals surface area contributed by atoms with E-state index in [1.807, 2.05) is 6.08 Å². The van der Waals surface area contributed by atoms with Gasteiger partial charge in [-0.1, -0.05) is 24.3 Å². The van der Waals surface area contributed by atoms with E-state index in [0.717, 1.165) is 6.42 Å². The van der Waals surface area contributed by atoms with Crippen molar-refractivity contribution >= 4 is 17.6 Å². The molecule has 5 atom stereocenters. The molecule has 1 aromatic carbocycles. The molecule has 2 aliphatic carbocycles. The monoisotopic (exact) mass is 283 g/mol. The number of anilines is 1. The molecular weight excluding hydrogens is 270 g/mol. The molecule has 2 aliphatic heterocycles. The highest BCUT2D eigenvalue weighted by Gasteiger charge is 2.70. The molecule has 0 unspecified atom stereocenters. The maximum atomic E-state index is 12.8. The predicted molar refractivity (Wildman–Crippen MR) is 72.0 cm³/mol. The number of rotatable bonds is 0. The molecule has 0 spiro atoms. The summed E-state index contributed by atoms with van der Waals surface area (Å²) >= 11 is 0. The third kappa shape index (κ3) is 1.14. The lowest BCUT2D eigenvalue weighted by atomic mass is 9.83. The molecule has 5 heteroatoms. The molecule has 2 fully saturated rings. The summed E-state index contributed by atoms with van der Waals surface area (Å²) in [6, 6.07) is 6.78. The number of benzene rings is 1. The third-order valence-corrected chi connectivity index (χ3v) is 5.33. The Kier molecular flexibility index (Phi) is 1.84. The molecule has 1 amide bonds. The van der Waals surface area contributed by atoms with E-state index in [2.05, 4.69) is 6.08 Å². The fourth-order valence-electron chi connectivity index (χ4n) is 4.57. The van der Waals surface area contributed by atoms with Crippen LogP contribution in [0.3, 0.4) is 0 Å². The maximum Gasteiger partial charge on any atom is 0.344 e.